The monoisotopic (exact) mass is 347 g/mol. The summed E-state index contributed by atoms with van der Waals surface area (Å²) in [6, 6.07) is 8.35. The van der Waals surface area contributed by atoms with Crippen LogP contribution >= 0.6 is 0 Å². The highest BCUT2D eigenvalue weighted by molar-refractivity contribution is 5.80. The molecule has 1 saturated heterocycles. The molecule has 0 bridgehead atoms. The molecule has 6 heteroatoms. The van der Waals surface area contributed by atoms with Gasteiger partial charge in [-0.15, -0.1) is 0 Å². The number of ether oxygens (including phenoxy) is 2. The van der Waals surface area contributed by atoms with Gasteiger partial charge in [0.2, 0.25) is 0 Å². The summed E-state index contributed by atoms with van der Waals surface area (Å²) >= 11 is 0. The van der Waals surface area contributed by atoms with Crippen LogP contribution in [-0.4, -0.2) is 57.2 Å². The van der Waals surface area contributed by atoms with Crippen molar-refractivity contribution in [1.82, 2.24) is 10.2 Å². The number of esters is 1. The van der Waals surface area contributed by atoms with Gasteiger partial charge in [0.05, 0.1) is 20.3 Å². The maximum Gasteiger partial charge on any atom is 0.305 e. The van der Waals surface area contributed by atoms with Gasteiger partial charge in [-0.25, -0.2) is 0 Å². The Morgan fingerprint density at radius 3 is 2.92 bits per heavy atom. The molecule has 0 saturated carbocycles. The number of carbonyl (C=O) groups is 1. The van der Waals surface area contributed by atoms with E-state index in [0.29, 0.717) is 13.0 Å². The van der Waals surface area contributed by atoms with Gasteiger partial charge in [0.1, 0.15) is 6.10 Å². The van der Waals surface area contributed by atoms with Crippen molar-refractivity contribution in [1.29, 1.82) is 0 Å². The summed E-state index contributed by atoms with van der Waals surface area (Å²) in [5, 5.41) is 3.39. The van der Waals surface area contributed by atoms with Crippen molar-refractivity contribution >= 4 is 11.9 Å². The molecule has 1 unspecified atom stereocenters. The predicted octanol–water partition coefficient (Wildman–Crippen LogP) is 2.29. The number of morpholine rings is 1. The number of rotatable bonds is 6. The number of aliphatic imine (C=N–C) groups is 1. The Bertz CT molecular complexity index is 589. The van der Waals surface area contributed by atoms with E-state index in [1.54, 1.807) is 7.05 Å². The third-order valence-electron chi connectivity index (χ3n) is 4.43. The van der Waals surface area contributed by atoms with Crippen molar-refractivity contribution in [3.05, 3.63) is 35.4 Å². The summed E-state index contributed by atoms with van der Waals surface area (Å²) in [5.74, 6) is 0.735. The molecule has 0 aliphatic carbocycles. The fourth-order valence-electron chi connectivity index (χ4n) is 3.01. The lowest BCUT2D eigenvalue weighted by Crippen LogP contribution is -2.48. The first-order valence-electron chi connectivity index (χ1n) is 8.85. The van der Waals surface area contributed by atoms with Crippen LogP contribution in [0.3, 0.4) is 0 Å². The molecule has 0 radical (unpaired) electrons. The number of methoxy groups -OCH3 is 1. The number of hydrogen-bond donors (Lipinski definition) is 1. The number of guanidine groups is 1. The summed E-state index contributed by atoms with van der Waals surface area (Å²) in [6.45, 7) is 5.20. The summed E-state index contributed by atoms with van der Waals surface area (Å²) < 4.78 is 10.6. The van der Waals surface area contributed by atoms with E-state index in [0.717, 1.165) is 38.4 Å². The number of carbonyl (C=O) groups excluding carboxylic acids is 1. The van der Waals surface area contributed by atoms with E-state index >= 15 is 0 Å². The smallest absolute Gasteiger partial charge is 0.305 e. The normalized spacial score (nSPS) is 18.1. The molecule has 0 amide bonds. The van der Waals surface area contributed by atoms with Crippen LogP contribution in [0.4, 0.5) is 0 Å². The van der Waals surface area contributed by atoms with Crippen molar-refractivity contribution in [3.8, 4) is 0 Å². The molecule has 1 heterocycles. The van der Waals surface area contributed by atoms with Gasteiger partial charge in [0, 0.05) is 26.6 Å². The van der Waals surface area contributed by atoms with E-state index in [9.17, 15) is 4.79 Å². The lowest BCUT2D eigenvalue weighted by atomic mass is 10.0. The Morgan fingerprint density at radius 1 is 1.40 bits per heavy atom. The lowest BCUT2D eigenvalue weighted by Gasteiger charge is -2.35. The number of nitrogens with zero attached hydrogens (tertiary/aromatic N) is 2. The predicted molar refractivity (Wildman–Crippen MR) is 98.7 cm³/mol. The van der Waals surface area contributed by atoms with E-state index < -0.39 is 0 Å². The Hall–Kier alpha value is -2.08. The third-order valence-corrected chi connectivity index (χ3v) is 4.43. The quantitative estimate of drug-likeness (QED) is 0.370. The molecule has 1 aromatic rings. The van der Waals surface area contributed by atoms with E-state index in [4.69, 9.17) is 4.74 Å². The Kier molecular flexibility index (Phi) is 7.73. The van der Waals surface area contributed by atoms with Crippen LogP contribution in [0.25, 0.3) is 0 Å². The van der Waals surface area contributed by atoms with Crippen molar-refractivity contribution in [3.63, 3.8) is 0 Å². The van der Waals surface area contributed by atoms with E-state index in [1.807, 2.05) is 6.07 Å². The first-order valence-corrected chi connectivity index (χ1v) is 8.85. The van der Waals surface area contributed by atoms with E-state index in [1.165, 1.54) is 18.2 Å². The van der Waals surface area contributed by atoms with Gasteiger partial charge in [-0.3, -0.25) is 9.79 Å². The molecule has 0 spiro atoms. The molecule has 6 nitrogen and oxygen atoms in total. The van der Waals surface area contributed by atoms with Gasteiger partial charge >= 0.3 is 5.97 Å². The average Bonchev–Trinajstić information content (AvgIpc) is 2.65. The second-order valence-electron chi connectivity index (χ2n) is 6.17. The molecule has 1 aliphatic heterocycles. The van der Waals surface area contributed by atoms with Crippen molar-refractivity contribution in [2.45, 2.75) is 32.3 Å². The van der Waals surface area contributed by atoms with Crippen molar-refractivity contribution in [2.75, 3.05) is 40.4 Å². The Balaban J connectivity index is 1.84. The van der Waals surface area contributed by atoms with Crippen molar-refractivity contribution < 1.29 is 14.3 Å². The molecular formula is C19H29N3O3. The molecule has 25 heavy (non-hydrogen) atoms. The van der Waals surface area contributed by atoms with Crippen LogP contribution in [0.2, 0.25) is 0 Å². The maximum atomic E-state index is 11.1. The topological polar surface area (TPSA) is 63.2 Å². The standard InChI is InChI=1S/C19H29N3O3/c1-15-8-4-5-9-16(15)17-14-22(12-13-25-17)19(20-2)21-11-7-6-10-18(23)24-3/h4-5,8-9,17H,6-7,10-14H2,1-3H3,(H,20,21). The molecule has 1 aromatic carbocycles. The summed E-state index contributed by atoms with van der Waals surface area (Å²) in [4.78, 5) is 17.8. The minimum atomic E-state index is -0.154. The van der Waals surface area contributed by atoms with E-state index in [-0.39, 0.29) is 12.1 Å². The molecule has 1 fully saturated rings. The van der Waals surface area contributed by atoms with Crippen LogP contribution in [0.1, 0.15) is 36.5 Å². The molecule has 138 valence electrons. The number of unbranched alkanes of at least 4 members (excludes halogenated alkanes) is 1. The highest BCUT2D eigenvalue weighted by Crippen LogP contribution is 2.24. The average molecular weight is 347 g/mol. The molecule has 0 aromatic heterocycles. The summed E-state index contributed by atoms with van der Waals surface area (Å²) in [7, 11) is 3.22. The molecule has 1 N–H and O–H groups in total. The number of nitrogens with one attached hydrogen (secondary N) is 1. The lowest BCUT2D eigenvalue weighted by molar-refractivity contribution is -0.140. The zero-order valence-corrected chi connectivity index (χ0v) is 15.5. The van der Waals surface area contributed by atoms with Crippen LogP contribution < -0.4 is 5.32 Å². The second-order valence-corrected chi connectivity index (χ2v) is 6.17. The maximum absolute atomic E-state index is 11.1. The Labute approximate surface area is 150 Å². The first kappa shape index (κ1) is 19.2. The molecule has 1 aliphatic rings. The van der Waals surface area contributed by atoms with Gasteiger partial charge in [-0.2, -0.15) is 0 Å². The zero-order valence-electron chi connectivity index (χ0n) is 15.5. The van der Waals surface area contributed by atoms with Gasteiger partial charge < -0.3 is 19.7 Å². The SMILES string of the molecule is CN=C(NCCCCC(=O)OC)N1CCOC(c2ccccc2C)C1. The first-order chi connectivity index (χ1) is 12.2. The fraction of sp³-hybridized carbons (Fsp3) is 0.579. The largest absolute Gasteiger partial charge is 0.469 e. The summed E-state index contributed by atoms with van der Waals surface area (Å²) in [5.41, 5.74) is 2.49. The second kappa shape index (κ2) is 10.0. The van der Waals surface area contributed by atoms with Crippen molar-refractivity contribution in [2.24, 2.45) is 4.99 Å². The molecule has 2 rings (SSSR count). The van der Waals surface area contributed by atoms with Gasteiger partial charge in [0.25, 0.3) is 0 Å². The number of aryl methyl sites for hydroxylation is 1. The van der Waals surface area contributed by atoms with Gasteiger partial charge in [-0.1, -0.05) is 24.3 Å². The minimum absolute atomic E-state index is 0.0628. The van der Waals surface area contributed by atoms with Gasteiger partial charge in [0.15, 0.2) is 5.96 Å². The van der Waals surface area contributed by atoms with Crippen LogP contribution in [-0.2, 0) is 14.3 Å². The van der Waals surface area contributed by atoms with Crippen LogP contribution in [0.15, 0.2) is 29.3 Å². The Morgan fingerprint density at radius 2 is 2.20 bits per heavy atom. The fourth-order valence-corrected chi connectivity index (χ4v) is 3.01. The molecule has 1 atom stereocenters. The summed E-state index contributed by atoms with van der Waals surface area (Å²) in [6.07, 6.45) is 2.24. The van der Waals surface area contributed by atoms with Crippen LogP contribution in [0, 0.1) is 6.92 Å². The third kappa shape index (κ3) is 5.74. The number of hydrogen-bond acceptors (Lipinski definition) is 4. The highest BCUT2D eigenvalue weighted by atomic mass is 16.5. The van der Waals surface area contributed by atoms with E-state index in [2.05, 4.69) is 45.1 Å². The highest BCUT2D eigenvalue weighted by Gasteiger charge is 2.24. The molecular weight excluding hydrogens is 318 g/mol. The van der Waals surface area contributed by atoms with Gasteiger partial charge in [-0.05, 0) is 30.9 Å². The van der Waals surface area contributed by atoms with Crippen LogP contribution in [0.5, 0.6) is 0 Å². The number of benzene rings is 1. The minimum Gasteiger partial charge on any atom is -0.469 e. The zero-order chi connectivity index (χ0) is 18.1.